The van der Waals surface area contributed by atoms with Crippen LogP contribution < -0.4 is 20.1 Å². The molecule has 1 aliphatic heterocycles. The molecule has 8 nitrogen and oxygen atoms in total. The van der Waals surface area contributed by atoms with E-state index in [4.69, 9.17) is 31.8 Å². The predicted molar refractivity (Wildman–Crippen MR) is 205 cm³/mol. The standard InChI is InChI=1S/C42H47ClN6O2/c1-50-39-23-30-13-16-37(29-10-4-3-5-11-29)49(38(30)25-40(39)51-2)18-8-12-33-26-48(47-46-33)17-7-6-9-27-19-28-21-31(20-27)41-36(22-28)45-35-24-32(43)14-15-34(35)42(41)44/h3-5,10-11,14-15,19,23-26,28,31,37H,6-9,12-13,16-18,20-22H2,1-2H3,(H2,44,45)/t28-,31-,37?/m1/s1. The number of unbranched alkanes of at least 4 members (excludes halogenated alkanes) is 1. The predicted octanol–water partition coefficient (Wildman–Crippen LogP) is 9.05. The number of benzene rings is 3. The van der Waals surface area contributed by atoms with Crippen LogP contribution in [0.15, 0.2) is 78.5 Å². The third-order valence-corrected chi connectivity index (χ3v) is 11.5. The SMILES string of the molecule is COc1cc2c(cc1OC)N(CCCc1cn(CCCCC3=C[C@H]4Cc5nc6cc(Cl)ccc6c(N)c5[C@H](C3)C4)nn1)C(c1ccccc1)CC2. The summed E-state index contributed by atoms with van der Waals surface area (Å²) in [6, 6.07) is 21.3. The topological polar surface area (TPSA) is 91.3 Å². The molecule has 2 aliphatic carbocycles. The van der Waals surface area contributed by atoms with E-state index in [0.717, 1.165) is 105 Å². The molecule has 1 unspecified atom stereocenters. The fourth-order valence-corrected chi connectivity index (χ4v) is 9.05. The molecule has 0 saturated heterocycles. The first-order chi connectivity index (χ1) is 25.0. The average molecular weight is 703 g/mol. The molecule has 8 rings (SSSR count). The van der Waals surface area contributed by atoms with Gasteiger partial charge in [-0.05, 0) is 111 Å². The van der Waals surface area contributed by atoms with Crippen LogP contribution >= 0.6 is 11.6 Å². The highest BCUT2D eigenvalue weighted by Crippen LogP contribution is 2.48. The van der Waals surface area contributed by atoms with Crippen LogP contribution in [0.1, 0.15) is 85.0 Å². The van der Waals surface area contributed by atoms with Crippen LogP contribution in [0.2, 0.25) is 5.02 Å². The lowest BCUT2D eigenvalue weighted by atomic mass is 9.70. The quantitative estimate of drug-likeness (QED) is 0.102. The maximum atomic E-state index is 6.77. The molecular weight excluding hydrogens is 656 g/mol. The Kier molecular flexibility index (Phi) is 9.60. The van der Waals surface area contributed by atoms with Crippen LogP contribution in [-0.4, -0.2) is 40.7 Å². The summed E-state index contributed by atoms with van der Waals surface area (Å²) in [6.07, 6.45) is 15.2. The number of hydrogen-bond donors (Lipinski definition) is 1. The van der Waals surface area contributed by atoms with E-state index in [0.29, 0.717) is 22.9 Å². The number of anilines is 2. The lowest BCUT2D eigenvalue weighted by Crippen LogP contribution is -2.34. The van der Waals surface area contributed by atoms with E-state index >= 15 is 0 Å². The first kappa shape index (κ1) is 33.6. The Morgan fingerprint density at radius 3 is 2.61 bits per heavy atom. The van der Waals surface area contributed by atoms with E-state index in [1.807, 2.05) is 22.9 Å². The fraction of sp³-hybridized carbons (Fsp3) is 0.405. The van der Waals surface area contributed by atoms with E-state index in [-0.39, 0.29) is 0 Å². The molecule has 9 heteroatoms. The molecular formula is C42H47ClN6O2. The van der Waals surface area contributed by atoms with Crippen molar-refractivity contribution in [3.8, 4) is 11.5 Å². The fourth-order valence-electron chi connectivity index (χ4n) is 8.88. The summed E-state index contributed by atoms with van der Waals surface area (Å²) in [5.74, 6) is 2.56. The molecule has 2 bridgehead atoms. The molecule has 264 valence electrons. The zero-order valence-electron chi connectivity index (χ0n) is 29.7. The van der Waals surface area contributed by atoms with Crippen LogP contribution in [0.3, 0.4) is 0 Å². The van der Waals surface area contributed by atoms with Crippen molar-refractivity contribution in [2.75, 3.05) is 31.4 Å². The van der Waals surface area contributed by atoms with Crippen molar-refractivity contribution in [3.05, 3.63) is 112 Å². The smallest absolute Gasteiger partial charge is 0.162 e. The normalized spacial score (nSPS) is 19.4. The summed E-state index contributed by atoms with van der Waals surface area (Å²) >= 11 is 6.26. The maximum absolute atomic E-state index is 6.77. The number of halogens is 1. The minimum absolute atomic E-state index is 0.314. The first-order valence-corrected chi connectivity index (χ1v) is 18.9. The molecule has 0 spiro atoms. The second kappa shape index (κ2) is 14.6. The number of fused-ring (bicyclic) bond motifs is 6. The van der Waals surface area contributed by atoms with Gasteiger partial charge in [0.2, 0.25) is 0 Å². The molecule has 3 aromatic carbocycles. The number of hydrogen-bond acceptors (Lipinski definition) is 7. The van der Waals surface area contributed by atoms with Gasteiger partial charge < -0.3 is 20.1 Å². The van der Waals surface area contributed by atoms with Crippen LogP contribution in [0.4, 0.5) is 11.4 Å². The number of allylic oxidation sites excluding steroid dienone is 2. The van der Waals surface area contributed by atoms with Gasteiger partial charge in [0.25, 0.3) is 0 Å². The molecule has 3 atom stereocenters. The van der Waals surface area contributed by atoms with Crippen LogP contribution in [0.25, 0.3) is 10.9 Å². The number of rotatable bonds is 12. The average Bonchev–Trinajstić information content (AvgIpc) is 3.60. The molecule has 0 amide bonds. The second-order valence-corrected chi connectivity index (χ2v) is 14.9. The minimum atomic E-state index is 0.314. The molecule has 2 N–H and O–H groups in total. The zero-order chi connectivity index (χ0) is 34.9. The van der Waals surface area contributed by atoms with Gasteiger partial charge in [0.15, 0.2) is 11.5 Å². The highest BCUT2D eigenvalue weighted by atomic mass is 35.5. The number of ether oxygens (including phenoxy) is 2. The number of aromatic nitrogens is 4. The maximum Gasteiger partial charge on any atom is 0.162 e. The van der Waals surface area contributed by atoms with Gasteiger partial charge in [-0.3, -0.25) is 9.67 Å². The van der Waals surface area contributed by atoms with Gasteiger partial charge in [0.05, 0.1) is 31.5 Å². The van der Waals surface area contributed by atoms with Crippen LogP contribution in [0.5, 0.6) is 11.5 Å². The first-order valence-electron chi connectivity index (χ1n) is 18.5. The minimum Gasteiger partial charge on any atom is -0.493 e. The van der Waals surface area contributed by atoms with Gasteiger partial charge in [0, 0.05) is 58.4 Å². The number of pyridine rings is 1. The number of nitrogen functional groups attached to an aromatic ring is 1. The molecule has 51 heavy (non-hydrogen) atoms. The number of methoxy groups -OCH3 is 2. The van der Waals surface area contributed by atoms with Crippen molar-refractivity contribution in [3.63, 3.8) is 0 Å². The van der Waals surface area contributed by atoms with Gasteiger partial charge in [0.1, 0.15) is 0 Å². The molecule has 3 heterocycles. The Labute approximate surface area is 305 Å². The Hall–Kier alpha value is -4.56. The Balaban J connectivity index is 0.856. The Bertz CT molecular complexity index is 2060. The number of nitrogens with two attached hydrogens (primary N) is 1. The van der Waals surface area contributed by atoms with E-state index < -0.39 is 0 Å². The highest BCUT2D eigenvalue weighted by molar-refractivity contribution is 6.31. The summed E-state index contributed by atoms with van der Waals surface area (Å²) in [4.78, 5) is 7.57. The summed E-state index contributed by atoms with van der Waals surface area (Å²) in [6.45, 7) is 1.81. The van der Waals surface area contributed by atoms with Gasteiger partial charge in [-0.15, -0.1) is 5.10 Å². The third-order valence-electron chi connectivity index (χ3n) is 11.2. The van der Waals surface area contributed by atoms with Crippen molar-refractivity contribution in [1.82, 2.24) is 20.0 Å². The van der Waals surface area contributed by atoms with E-state index in [1.165, 1.54) is 34.5 Å². The lowest BCUT2D eigenvalue weighted by molar-refractivity contribution is 0.353. The summed E-state index contributed by atoms with van der Waals surface area (Å²) in [5.41, 5.74) is 17.5. The second-order valence-electron chi connectivity index (χ2n) is 14.5. The molecule has 3 aliphatic rings. The Morgan fingerprint density at radius 2 is 1.76 bits per heavy atom. The lowest BCUT2D eigenvalue weighted by Gasteiger charge is -2.40. The van der Waals surface area contributed by atoms with Crippen molar-refractivity contribution in [1.29, 1.82) is 0 Å². The van der Waals surface area contributed by atoms with Gasteiger partial charge >= 0.3 is 0 Å². The molecule has 0 fully saturated rings. The summed E-state index contributed by atoms with van der Waals surface area (Å²) in [7, 11) is 3.41. The molecule has 0 radical (unpaired) electrons. The molecule has 2 aromatic heterocycles. The monoisotopic (exact) mass is 702 g/mol. The van der Waals surface area contributed by atoms with Crippen molar-refractivity contribution in [2.45, 2.75) is 82.7 Å². The zero-order valence-corrected chi connectivity index (χ0v) is 30.4. The summed E-state index contributed by atoms with van der Waals surface area (Å²) in [5, 5.41) is 10.8. The number of nitrogens with zero attached hydrogens (tertiary/aromatic N) is 5. The van der Waals surface area contributed by atoms with Crippen molar-refractivity contribution >= 4 is 33.9 Å². The van der Waals surface area contributed by atoms with E-state index in [1.54, 1.807) is 19.8 Å². The van der Waals surface area contributed by atoms with Gasteiger partial charge in [-0.2, -0.15) is 0 Å². The highest BCUT2D eigenvalue weighted by Gasteiger charge is 2.34. The largest absolute Gasteiger partial charge is 0.493 e. The molecule has 5 aromatic rings. The van der Waals surface area contributed by atoms with Crippen molar-refractivity contribution < 1.29 is 9.47 Å². The Morgan fingerprint density at radius 1 is 0.922 bits per heavy atom. The van der Waals surface area contributed by atoms with Crippen LogP contribution in [-0.2, 0) is 25.8 Å². The summed E-state index contributed by atoms with van der Waals surface area (Å²) < 4.78 is 13.4. The van der Waals surface area contributed by atoms with Gasteiger partial charge in [-0.1, -0.05) is 58.8 Å². The van der Waals surface area contributed by atoms with E-state index in [9.17, 15) is 0 Å². The molecule has 0 saturated carbocycles. The van der Waals surface area contributed by atoms with Crippen LogP contribution in [0, 0.1) is 5.92 Å². The van der Waals surface area contributed by atoms with E-state index in [2.05, 4.69) is 69.9 Å². The third kappa shape index (κ3) is 6.90. The van der Waals surface area contributed by atoms with Crippen molar-refractivity contribution in [2.24, 2.45) is 5.92 Å². The number of aryl methyl sites for hydroxylation is 3. The van der Waals surface area contributed by atoms with Gasteiger partial charge in [-0.25, -0.2) is 0 Å².